The van der Waals surface area contributed by atoms with Gasteiger partial charge in [0.2, 0.25) is 17.7 Å². The van der Waals surface area contributed by atoms with Gasteiger partial charge in [0.1, 0.15) is 17.4 Å². The molecule has 2 N–H and O–H groups in total. The number of anilines is 1. The van der Waals surface area contributed by atoms with Crippen LogP contribution >= 0.6 is 0 Å². The number of amides is 3. The molecular weight excluding hydrogens is 506 g/mol. The predicted molar refractivity (Wildman–Crippen MR) is 150 cm³/mol. The summed E-state index contributed by atoms with van der Waals surface area (Å²) in [7, 11) is 1.61. The zero-order valence-electron chi connectivity index (χ0n) is 23.3. The first-order valence-electron chi connectivity index (χ1n) is 14.3. The average molecular weight is 544 g/mol. The number of likely N-dealkylation sites (tertiary alicyclic amines) is 1. The van der Waals surface area contributed by atoms with Crippen LogP contribution in [0.4, 0.5) is 5.69 Å². The molecule has 3 fully saturated rings. The summed E-state index contributed by atoms with van der Waals surface area (Å²) in [6.45, 7) is 4.36. The molecule has 0 unspecified atom stereocenters. The summed E-state index contributed by atoms with van der Waals surface area (Å²) in [6, 6.07) is 14.2. The zero-order chi connectivity index (χ0) is 28.0. The van der Waals surface area contributed by atoms with Crippen molar-refractivity contribution in [1.82, 2.24) is 10.2 Å². The van der Waals surface area contributed by atoms with Crippen molar-refractivity contribution >= 4 is 23.4 Å². The molecule has 0 aromatic heterocycles. The molecule has 40 heavy (non-hydrogen) atoms. The molecule has 6 rings (SSSR count). The van der Waals surface area contributed by atoms with E-state index in [1.807, 2.05) is 67.6 Å². The van der Waals surface area contributed by atoms with Gasteiger partial charge in [-0.3, -0.25) is 14.4 Å². The third-order valence-corrected chi connectivity index (χ3v) is 9.16. The smallest absolute Gasteiger partial charge is 0.246 e. The van der Waals surface area contributed by atoms with Crippen LogP contribution in [0.25, 0.3) is 0 Å². The second-order valence-electron chi connectivity index (χ2n) is 11.8. The summed E-state index contributed by atoms with van der Waals surface area (Å²) in [5.74, 6) is -1.16. The van der Waals surface area contributed by atoms with Gasteiger partial charge in [-0.2, -0.15) is 0 Å². The third kappa shape index (κ3) is 4.48. The topological polar surface area (TPSA) is 97.0 Å². The Morgan fingerprint density at radius 1 is 1.10 bits per heavy atom. The Labute approximate surface area is 235 Å². The van der Waals surface area contributed by atoms with Gasteiger partial charge in [-0.05, 0) is 61.1 Å². The number of nitrogens with one attached hydrogen (secondary N) is 2. The predicted octanol–water partition coefficient (Wildman–Crippen LogP) is 3.99. The summed E-state index contributed by atoms with van der Waals surface area (Å²) in [5.41, 5.74) is 1.38. The first kappa shape index (κ1) is 26.6. The molecule has 2 aromatic carbocycles. The minimum absolute atomic E-state index is 0.0534. The number of hydrogen-bond donors (Lipinski definition) is 2. The molecule has 2 saturated heterocycles. The van der Waals surface area contributed by atoms with Crippen molar-refractivity contribution in [3.8, 4) is 5.75 Å². The van der Waals surface area contributed by atoms with Crippen LogP contribution in [0.1, 0.15) is 43.7 Å². The van der Waals surface area contributed by atoms with E-state index in [1.165, 1.54) is 0 Å². The van der Waals surface area contributed by atoms with E-state index in [0.717, 1.165) is 36.8 Å². The van der Waals surface area contributed by atoms with Gasteiger partial charge in [0.15, 0.2) is 0 Å². The molecule has 1 aliphatic carbocycles. The van der Waals surface area contributed by atoms with Crippen LogP contribution in [-0.4, -0.2) is 53.5 Å². The summed E-state index contributed by atoms with van der Waals surface area (Å²) >= 11 is 0. The molecule has 1 saturated carbocycles. The Bertz CT molecular complexity index is 1340. The van der Waals surface area contributed by atoms with E-state index < -0.39 is 29.6 Å². The second-order valence-corrected chi connectivity index (χ2v) is 11.8. The Balaban J connectivity index is 1.32. The third-order valence-electron chi connectivity index (χ3n) is 9.16. The molecule has 2 aromatic rings. The van der Waals surface area contributed by atoms with E-state index >= 15 is 0 Å². The zero-order valence-corrected chi connectivity index (χ0v) is 23.3. The lowest BCUT2D eigenvalue weighted by Gasteiger charge is -2.36. The highest BCUT2D eigenvalue weighted by Gasteiger charge is 2.72. The second kappa shape index (κ2) is 10.4. The fourth-order valence-corrected chi connectivity index (χ4v) is 7.11. The minimum atomic E-state index is -1.19. The van der Waals surface area contributed by atoms with E-state index in [0.29, 0.717) is 17.4 Å². The van der Waals surface area contributed by atoms with E-state index in [2.05, 4.69) is 17.6 Å². The Kier molecular flexibility index (Phi) is 6.90. The maximum atomic E-state index is 14.2. The largest absolute Gasteiger partial charge is 0.497 e. The first-order chi connectivity index (χ1) is 19.3. The summed E-state index contributed by atoms with van der Waals surface area (Å²) in [5, 5.41) is 6.27. The number of hydrogen-bond acceptors (Lipinski definition) is 5. The molecule has 4 aliphatic rings. The molecule has 210 valence electrons. The van der Waals surface area contributed by atoms with Crippen LogP contribution in [0.15, 0.2) is 60.7 Å². The van der Waals surface area contributed by atoms with Crippen molar-refractivity contribution in [2.45, 2.75) is 69.9 Å². The number of nitrogens with zero attached hydrogens (tertiary/aromatic N) is 1. The SMILES string of the molecule is COc1ccc(CN2C(=O)[C@H]3[C@H](C(=O)Nc4cccc(C)c4)[C@H]4C=C[C@@]3(O4)[C@@H]2C(=O)N[C@@H]2CCCC[C@H]2C)cc1. The van der Waals surface area contributed by atoms with E-state index in [1.54, 1.807) is 12.0 Å². The molecule has 2 bridgehead atoms. The van der Waals surface area contributed by atoms with Crippen LogP contribution in [0.3, 0.4) is 0 Å². The number of ether oxygens (including phenoxy) is 2. The maximum Gasteiger partial charge on any atom is 0.246 e. The molecule has 3 heterocycles. The molecule has 3 aliphatic heterocycles. The lowest BCUT2D eigenvalue weighted by Crippen LogP contribution is -2.57. The minimum Gasteiger partial charge on any atom is -0.497 e. The van der Waals surface area contributed by atoms with Gasteiger partial charge in [0, 0.05) is 18.3 Å². The van der Waals surface area contributed by atoms with Crippen LogP contribution < -0.4 is 15.4 Å². The van der Waals surface area contributed by atoms with E-state index in [-0.39, 0.29) is 30.3 Å². The maximum absolute atomic E-state index is 14.2. The quantitative estimate of drug-likeness (QED) is 0.515. The fraction of sp³-hybridized carbons (Fsp3) is 0.469. The summed E-state index contributed by atoms with van der Waals surface area (Å²) in [6.07, 6.45) is 7.37. The standard InChI is InChI=1S/C32H37N3O5/c1-19-7-6-9-22(17-19)33-29(36)26-25-15-16-32(40-25)27(26)31(38)35(18-21-11-13-23(39-3)14-12-21)28(32)30(37)34-24-10-5-4-8-20(24)2/h6-7,9,11-17,20,24-28H,4-5,8,10,18H2,1-3H3,(H,33,36)(H,34,37)/t20-,24-,25-,26-,27-,28+,32+/m1/s1. The number of fused-ring (bicyclic) bond motifs is 1. The average Bonchev–Trinajstić information content (AvgIpc) is 3.58. The fourth-order valence-electron chi connectivity index (χ4n) is 7.11. The monoisotopic (exact) mass is 543 g/mol. The number of carbonyl (C=O) groups excluding carboxylic acids is 3. The first-order valence-corrected chi connectivity index (χ1v) is 14.3. The lowest BCUT2D eigenvalue weighted by atomic mass is 9.74. The van der Waals surface area contributed by atoms with Crippen molar-refractivity contribution in [3.05, 3.63) is 71.8 Å². The van der Waals surface area contributed by atoms with Crippen molar-refractivity contribution in [2.75, 3.05) is 12.4 Å². The highest BCUT2D eigenvalue weighted by atomic mass is 16.5. The molecule has 8 nitrogen and oxygen atoms in total. The van der Waals surface area contributed by atoms with Gasteiger partial charge < -0.3 is 25.0 Å². The van der Waals surface area contributed by atoms with E-state index in [4.69, 9.17) is 9.47 Å². The molecule has 0 radical (unpaired) electrons. The van der Waals surface area contributed by atoms with Crippen LogP contribution in [-0.2, 0) is 25.7 Å². The normalized spacial score (nSPS) is 32.2. The van der Waals surface area contributed by atoms with Crippen molar-refractivity contribution in [1.29, 1.82) is 0 Å². The van der Waals surface area contributed by atoms with Crippen molar-refractivity contribution < 1.29 is 23.9 Å². The molecule has 1 spiro atoms. The van der Waals surface area contributed by atoms with Gasteiger partial charge in [-0.25, -0.2) is 0 Å². The van der Waals surface area contributed by atoms with Crippen LogP contribution in [0.5, 0.6) is 5.75 Å². The highest BCUT2D eigenvalue weighted by molar-refractivity contribution is 6.02. The van der Waals surface area contributed by atoms with Crippen LogP contribution in [0.2, 0.25) is 0 Å². The van der Waals surface area contributed by atoms with Crippen molar-refractivity contribution in [3.63, 3.8) is 0 Å². The van der Waals surface area contributed by atoms with Crippen LogP contribution in [0, 0.1) is 24.7 Å². The van der Waals surface area contributed by atoms with Gasteiger partial charge in [-0.1, -0.05) is 56.2 Å². The lowest BCUT2D eigenvalue weighted by molar-refractivity contribution is -0.142. The number of carbonyl (C=O) groups is 3. The molecule has 8 heteroatoms. The number of aryl methyl sites for hydroxylation is 1. The number of rotatable bonds is 7. The van der Waals surface area contributed by atoms with Gasteiger partial charge in [0.05, 0.1) is 25.0 Å². The Hall–Kier alpha value is -3.65. The van der Waals surface area contributed by atoms with Crippen molar-refractivity contribution in [2.24, 2.45) is 17.8 Å². The Morgan fingerprint density at radius 2 is 1.88 bits per heavy atom. The number of methoxy groups -OCH3 is 1. The number of benzene rings is 2. The van der Waals surface area contributed by atoms with Gasteiger partial charge >= 0.3 is 0 Å². The highest BCUT2D eigenvalue weighted by Crippen LogP contribution is 2.55. The molecular formula is C32H37N3O5. The summed E-state index contributed by atoms with van der Waals surface area (Å²) in [4.78, 5) is 43.6. The molecule has 7 atom stereocenters. The molecule has 3 amide bonds. The van der Waals surface area contributed by atoms with E-state index in [9.17, 15) is 14.4 Å². The van der Waals surface area contributed by atoms with Gasteiger partial charge in [-0.15, -0.1) is 0 Å². The van der Waals surface area contributed by atoms with Gasteiger partial charge in [0.25, 0.3) is 0 Å². The Morgan fingerprint density at radius 3 is 2.60 bits per heavy atom. The summed E-state index contributed by atoms with van der Waals surface area (Å²) < 4.78 is 11.8.